The summed E-state index contributed by atoms with van der Waals surface area (Å²) in [6.07, 6.45) is 2.62. The number of aliphatic hydroxyl groups is 1. The van der Waals surface area contributed by atoms with E-state index in [0.717, 1.165) is 25.8 Å². The van der Waals surface area contributed by atoms with Crippen molar-refractivity contribution in [3.63, 3.8) is 0 Å². The van der Waals surface area contributed by atoms with Gasteiger partial charge in [-0.3, -0.25) is 9.69 Å². The first-order valence-corrected chi connectivity index (χ1v) is 7.06. The Hall–Kier alpha value is -0.610. The second kappa shape index (κ2) is 7.10. The van der Waals surface area contributed by atoms with Gasteiger partial charge in [-0.1, -0.05) is 13.8 Å². The summed E-state index contributed by atoms with van der Waals surface area (Å²) >= 11 is 0. The monoisotopic (exact) mass is 256 g/mol. The molecule has 2 atom stereocenters. The summed E-state index contributed by atoms with van der Waals surface area (Å²) in [4.78, 5) is 16.1. The zero-order valence-electron chi connectivity index (χ0n) is 12.2. The van der Waals surface area contributed by atoms with Gasteiger partial charge >= 0.3 is 0 Å². The largest absolute Gasteiger partial charge is 0.392 e. The van der Waals surface area contributed by atoms with Crippen molar-refractivity contribution in [1.82, 2.24) is 9.80 Å². The lowest BCUT2D eigenvalue weighted by Gasteiger charge is -2.32. The lowest BCUT2D eigenvalue weighted by molar-refractivity contribution is -0.133. The van der Waals surface area contributed by atoms with E-state index in [0.29, 0.717) is 19.0 Å². The number of aliphatic hydroxyl groups excluding tert-OH is 1. The zero-order valence-corrected chi connectivity index (χ0v) is 12.2. The van der Waals surface area contributed by atoms with Crippen molar-refractivity contribution in [1.29, 1.82) is 0 Å². The topological polar surface area (TPSA) is 43.8 Å². The summed E-state index contributed by atoms with van der Waals surface area (Å²) in [5.41, 5.74) is 0. The molecule has 1 rings (SSSR count). The molecule has 18 heavy (non-hydrogen) atoms. The van der Waals surface area contributed by atoms with Crippen molar-refractivity contribution >= 4 is 5.91 Å². The Balaban J connectivity index is 2.39. The Kier molecular flexibility index (Phi) is 6.09. The number of carbonyl (C=O) groups excluding carboxylic acids is 1. The Morgan fingerprint density at radius 1 is 1.44 bits per heavy atom. The summed E-state index contributed by atoms with van der Waals surface area (Å²) in [6, 6.07) is 0.284. The molecule has 0 bridgehead atoms. The Labute approximate surface area is 111 Å². The minimum Gasteiger partial charge on any atom is -0.392 e. The van der Waals surface area contributed by atoms with Gasteiger partial charge in [0, 0.05) is 19.6 Å². The number of nitrogens with zero attached hydrogens (tertiary/aromatic N) is 2. The first-order chi connectivity index (χ1) is 8.40. The van der Waals surface area contributed by atoms with E-state index in [-0.39, 0.29) is 18.1 Å². The van der Waals surface area contributed by atoms with Gasteiger partial charge in [-0.25, -0.2) is 0 Å². The third-order valence-corrected chi connectivity index (χ3v) is 3.71. The van der Waals surface area contributed by atoms with Gasteiger partial charge in [-0.15, -0.1) is 0 Å². The maximum absolute atomic E-state index is 12.1. The molecular formula is C14H28N2O2. The van der Waals surface area contributed by atoms with Crippen LogP contribution in [0.15, 0.2) is 0 Å². The van der Waals surface area contributed by atoms with Gasteiger partial charge in [-0.05, 0) is 38.6 Å². The normalized spacial score (nSPS) is 23.1. The number of hydrogen-bond acceptors (Lipinski definition) is 3. The molecule has 1 saturated heterocycles. The summed E-state index contributed by atoms with van der Waals surface area (Å²) in [6.45, 7) is 8.46. The van der Waals surface area contributed by atoms with Crippen molar-refractivity contribution in [3.8, 4) is 0 Å². The van der Waals surface area contributed by atoms with Gasteiger partial charge in [0.2, 0.25) is 5.91 Å². The van der Waals surface area contributed by atoms with Crippen LogP contribution in [0.25, 0.3) is 0 Å². The van der Waals surface area contributed by atoms with Crippen LogP contribution in [0, 0.1) is 5.92 Å². The van der Waals surface area contributed by atoms with E-state index in [1.807, 2.05) is 11.9 Å². The van der Waals surface area contributed by atoms with Crippen LogP contribution >= 0.6 is 0 Å². The second-order valence-corrected chi connectivity index (χ2v) is 6.01. The zero-order chi connectivity index (χ0) is 13.7. The van der Waals surface area contributed by atoms with E-state index in [4.69, 9.17) is 0 Å². The molecule has 4 heteroatoms. The van der Waals surface area contributed by atoms with E-state index in [1.54, 1.807) is 0 Å². The fourth-order valence-electron chi connectivity index (χ4n) is 2.56. The van der Waals surface area contributed by atoms with Gasteiger partial charge in [0.15, 0.2) is 0 Å². The molecule has 1 aliphatic rings. The fourth-order valence-corrected chi connectivity index (χ4v) is 2.56. The second-order valence-electron chi connectivity index (χ2n) is 6.01. The maximum Gasteiger partial charge on any atom is 0.236 e. The van der Waals surface area contributed by atoms with Crippen LogP contribution in [0.3, 0.4) is 0 Å². The van der Waals surface area contributed by atoms with Crippen LogP contribution in [0.2, 0.25) is 0 Å². The van der Waals surface area contributed by atoms with Crippen LogP contribution in [0.4, 0.5) is 0 Å². The van der Waals surface area contributed by atoms with Crippen molar-refractivity contribution < 1.29 is 9.90 Å². The van der Waals surface area contributed by atoms with Crippen LogP contribution in [0.1, 0.15) is 40.0 Å². The number of carbonyl (C=O) groups is 1. The first kappa shape index (κ1) is 15.4. The van der Waals surface area contributed by atoms with E-state index in [9.17, 15) is 9.90 Å². The third kappa shape index (κ3) is 4.94. The SMILES string of the molecule is CC(C)CC(C)N(C)C(=O)CN1CCCC(O)C1. The average molecular weight is 256 g/mol. The molecule has 0 aromatic carbocycles. The molecule has 1 N–H and O–H groups in total. The molecular weight excluding hydrogens is 228 g/mol. The molecule has 1 aliphatic heterocycles. The lowest BCUT2D eigenvalue weighted by Crippen LogP contribution is -2.46. The summed E-state index contributed by atoms with van der Waals surface area (Å²) < 4.78 is 0. The molecule has 0 radical (unpaired) electrons. The minimum absolute atomic E-state index is 0.164. The smallest absolute Gasteiger partial charge is 0.236 e. The Bertz CT molecular complexity index is 269. The predicted octanol–water partition coefficient (Wildman–Crippen LogP) is 1.34. The molecule has 106 valence electrons. The van der Waals surface area contributed by atoms with Crippen LogP contribution in [-0.4, -0.2) is 59.6 Å². The Morgan fingerprint density at radius 3 is 2.67 bits per heavy atom. The predicted molar refractivity (Wildman–Crippen MR) is 73.4 cm³/mol. The molecule has 0 aliphatic carbocycles. The Morgan fingerprint density at radius 2 is 2.11 bits per heavy atom. The third-order valence-electron chi connectivity index (χ3n) is 3.71. The number of likely N-dealkylation sites (tertiary alicyclic amines) is 1. The molecule has 4 nitrogen and oxygen atoms in total. The molecule has 2 unspecified atom stereocenters. The first-order valence-electron chi connectivity index (χ1n) is 7.06. The summed E-state index contributed by atoms with van der Waals surface area (Å²) in [5, 5.41) is 9.59. The van der Waals surface area contributed by atoms with Gasteiger partial charge in [0.05, 0.1) is 12.6 Å². The quantitative estimate of drug-likeness (QED) is 0.807. The van der Waals surface area contributed by atoms with Gasteiger partial charge in [0.1, 0.15) is 0 Å². The van der Waals surface area contributed by atoms with E-state index < -0.39 is 0 Å². The highest BCUT2D eigenvalue weighted by atomic mass is 16.3. The molecule has 1 amide bonds. The van der Waals surface area contributed by atoms with Crippen molar-refractivity contribution in [2.45, 2.75) is 52.2 Å². The number of likely N-dealkylation sites (N-methyl/N-ethyl adjacent to an activating group) is 1. The highest BCUT2D eigenvalue weighted by molar-refractivity contribution is 5.78. The van der Waals surface area contributed by atoms with E-state index >= 15 is 0 Å². The lowest BCUT2D eigenvalue weighted by atomic mass is 10.0. The fraction of sp³-hybridized carbons (Fsp3) is 0.929. The number of piperidine rings is 1. The summed E-state index contributed by atoms with van der Waals surface area (Å²) in [5.74, 6) is 0.768. The highest BCUT2D eigenvalue weighted by Gasteiger charge is 2.23. The van der Waals surface area contributed by atoms with Gasteiger partial charge in [0.25, 0.3) is 0 Å². The molecule has 0 aromatic rings. The van der Waals surface area contributed by atoms with Crippen molar-refractivity contribution in [2.75, 3.05) is 26.7 Å². The van der Waals surface area contributed by atoms with Gasteiger partial charge in [-0.2, -0.15) is 0 Å². The number of amides is 1. The maximum atomic E-state index is 12.1. The number of hydrogen-bond donors (Lipinski definition) is 1. The molecule has 0 saturated carbocycles. The summed E-state index contributed by atoms with van der Waals surface area (Å²) in [7, 11) is 1.88. The highest BCUT2D eigenvalue weighted by Crippen LogP contribution is 2.12. The molecule has 1 fully saturated rings. The van der Waals surface area contributed by atoms with Crippen molar-refractivity contribution in [2.24, 2.45) is 5.92 Å². The minimum atomic E-state index is -0.259. The van der Waals surface area contributed by atoms with Gasteiger partial charge < -0.3 is 10.0 Å². The number of rotatable bonds is 5. The van der Waals surface area contributed by atoms with E-state index in [1.165, 1.54) is 0 Å². The molecule has 0 spiro atoms. The van der Waals surface area contributed by atoms with E-state index in [2.05, 4.69) is 25.7 Å². The van der Waals surface area contributed by atoms with Crippen LogP contribution in [-0.2, 0) is 4.79 Å². The van der Waals surface area contributed by atoms with Crippen molar-refractivity contribution in [3.05, 3.63) is 0 Å². The van der Waals surface area contributed by atoms with Crippen LogP contribution in [0.5, 0.6) is 0 Å². The average Bonchev–Trinajstić information content (AvgIpc) is 2.27. The van der Waals surface area contributed by atoms with Crippen LogP contribution < -0.4 is 0 Å². The molecule has 1 heterocycles. The molecule has 0 aromatic heterocycles. The standard InChI is InChI=1S/C14H28N2O2/c1-11(2)8-12(3)15(4)14(18)10-16-7-5-6-13(17)9-16/h11-13,17H,5-10H2,1-4H3. The number of β-amino-alcohol motifs (C(OH)–C–C–N with tert-alkyl or cyclic N) is 1.